The molecule has 1 aromatic rings. The van der Waals surface area contributed by atoms with Crippen LogP contribution in [0.3, 0.4) is 0 Å². The smallest absolute Gasteiger partial charge is 0.281 e. The molecule has 0 heterocycles. The molecule has 0 atom stereocenters. The number of aldehydes is 1. The van der Waals surface area contributed by atoms with Crippen LogP contribution in [0.25, 0.3) is 0 Å². The van der Waals surface area contributed by atoms with E-state index in [-0.39, 0.29) is 11.3 Å². The van der Waals surface area contributed by atoms with Gasteiger partial charge in [-0.2, -0.15) is 0 Å². The van der Waals surface area contributed by atoms with Crippen LogP contribution in [-0.2, 0) is 0 Å². The summed E-state index contributed by atoms with van der Waals surface area (Å²) >= 11 is 0. The molecule has 0 aliphatic rings. The van der Waals surface area contributed by atoms with Gasteiger partial charge < -0.3 is 5.43 Å². The third-order valence-electron chi connectivity index (χ3n) is 1.52. The second-order valence-electron chi connectivity index (χ2n) is 2.29. The zero-order valence-corrected chi connectivity index (χ0v) is 6.56. The summed E-state index contributed by atoms with van der Waals surface area (Å²) in [6.07, 6.45) is 0.429. The number of anilines is 1. The quantitative estimate of drug-likeness (QED) is 0.309. The van der Waals surface area contributed by atoms with E-state index in [1.54, 1.807) is 0 Å². The molecule has 0 spiro atoms. The minimum atomic E-state index is -0.634. The second kappa shape index (κ2) is 3.63. The third-order valence-corrected chi connectivity index (χ3v) is 1.52. The number of nitro groups is 1. The molecular formula is C7H7N3O3. The van der Waals surface area contributed by atoms with Gasteiger partial charge in [-0.05, 0) is 12.1 Å². The molecule has 1 aromatic carbocycles. The first kappa shape index (κ1) is 9.14. The van der Waals surface area contributed by atoms with Crippen LogP contribution in [-0.4, -0.2) is 11.2 Å². The number of nitrogens with one attached hydrogen (secondary N) is 1. The largest absolute Gasteiger partial charge is 0.324 e. The molecule has 13 heavy (non-hydrogen) atoms. The van der Waals surface area contributed by atoms with Gasteiger partial charge in [0.25, 0.3) is 5.69 Å². The van der Waals surface area contributed by atoms with Gasteiger partial charge in [0.15, 0.2) is 6.29 Å². The maximum atomic E-state index is 10.4. The predicted octanol–water partition coefficient (Wildman–Crippen LogP) is 0.693. The Balaban J connectivity index is 3.25. The lowest BCUT2D eigenvalue weighted by molar-refractivity contribution is -0.385. The first-order chi connectivity index (χ1) is 6.19. The fourth-order valence-corrected chi connectivity index (χ4v) is 0.891. The van der Waals surface area contributed by atoms with E-state index in [0.717, 1.165) is 0 Å². The third kappa shape index (κ3) is 1.79. The Morgan fingerprint density at radius 2 is 2.23 bits per heavy atom. The van der Waals surface area contributed by atoms with Crippen molar-refractivity contribution in [2.45, 2.75) is 0 Å². The molecule has 0 aliphatic carbocycles. The maximum absolute atomic E-state index is 10.4. The number of hydrogen-bond acceptors (Lipinski definition) is 5. The number of hydrogen-bond donors (Lipinski definition) is 2. The fourth-order valence-electron chi connectivity index (χ4n) is 0.891. The molecule has 68 valence electrons. The van der Waals surface area contributed by atoms with Gasteiger partial charge in [0.05, 0.1) is 16.2 Å². The summed E-state index contributed by atoms with van der Waals surface area (Å²) in [5.41, 5.74) is 2.41. The molecule has 0 bridgehead atoms. The van der Waals surface area contributed by atoms with Gasteiger partial charge in [0.2, 0.25) is 0 Å². The standard InChI is InChI=1S/C7H7N3O3/c8-9-6-2-1-5(4-11)7(3-6)10(12)13/h1-4,9H,8H2. The predicted molar refractivity (Wildman–Crippen MR) is 46.3 cm³/mol. The summed E-state index contributed by atoms with van der Waals surface area (Å²) in [4.78, 5) is 20.2. The summed E-state index contributed by atoms with van der Waals surface area (Å²) in [5, 5.41) is 10.4. The number of nitrogen functional groups attached to an aromatic ring is 1. The lowest BCUT2D eigenvalue weighted by Crippen LogP contribution is -2.07. The average molecular weight is 181 g/mol. The van der Waals surface area contributed by atoms with Crippen LogP contribution in [0.2, 0.25) is 0 Å². The first-order valence-electron chi connectivity index (χ1n) is 3.39. The van der Waals surface area contributed by atoms with Gasteiger partial charge in [0, 0.05) is 6.07 Å². The molecule has 6 heteroatoms. The molecule has 0 unspecified atom stereocenters. The highest BCUT2D eigenvalue weighted by Gasteiger charge is 2.12. The number of benzene rings is 1. The highest BCUT2D eigenvalue weighted by molar-refractivity contribution is 5.82. The van der Waals surface area contributed by atoms with Gasteiger partial charge in [-0.15, -0.1) is 0 Å². The molecule has 0 fully saturated rings. The van der Waals surface area contributed by atoms with Crippen molar-refractivity contribution in [2.24, 2.45) is 5.84 Å². The van der Waals surface area contributed by atoms with Crippen LogP contribution in [0.4, 0.5) is 11.4 Å². The van der Waals surface area contributed by atoms with E-state index < -0.39 is 4.92 Å². The summed E-state index contributed by atoms with van der Waals surface area (Å²) in [6.45, 7) is 0. The van der Waals surface area contributed by atoms with E-state index in [4.69, 9.17) is 5.84 Å². The van der Waals surface area contributed by atoms with Gasteiger partial charge >= 0.3 is 0 Å². The summed E-state index contributed by atoms with van der Waals surface area (Å²) in [7, 11) is 0. The average Bonchev–Trinajstić information content (AvgIpc) is 2.16. The highest BCUT2D eigenvalue weighted by Crippen LogP contribution is 2.20. The number of nitrogens with two attached hydrogens (primary N) is 1. The monoisotopic (exact) mass is 181 g/mol. The number of nitro benzene ring substituents is 1. The Morgan fingerprint density at radius 1 is 1.54 bits per heavy atom. The van der Waals surface area contributed by atoms with Crippen molar-refractivity contribution < 1.29 is 9.72 Å². The molecule has 0 aliphatic heterocycles. The van der Waals surface area contributed by atoms with Crippen molar-refractivity contribution in [1.82, 2.24) is 0 Å². The molecule has 1 rings (SSSR count). The molecule has 0 aromatic heterocycles. The zero-order valence-electron chi connectivity index (χ0n) is 6.56. The van der Waals surface area contributed by atoms with Crippen molar-refractivity contribution in [2.75, 3.05) is 5.43 Å². The van der Waals surface area contributed by atoms with E-state index in [1.165, 1.54) is 18.2 Å². The Morgan fingerprint density at radius 3 is 2.69 bits per heavy atom. The first-order valence-corrected chi connectivity index (χ1v) is 3.39. The van der Waals surface area contributed by atoms with Crippen LogP contribution in [0.5, 0.6) is 0 Å². The van der Waals surface area contributed by atoms with E-state index in [9.17, 15) is 14.9 Å². The topological polar surface area (TPSA) is 98.3 Å². The number of nitrogens with zero attached hydrogens (tertiary/aromatic N) is 1. The van der Waals surface area contributed by atoms with Crippen molar-refractivity contribution in [1.29, 1.82) is 0 Å². The lowest BCUT2D eigenvalue weighted by Gasteiger charge is -2.00. The lowest BCUT2D eigenvalue weighted by atomic mass is 10.2. The number of rotatable bonds is 3. The van der Waals surface area contributed by atoms with E-state index in [2.05, 4.69) is 5.43 Å². The number of carbonyl (C=O) groups excluding carboxylic acids is 1. The van der Waals surface area contributed by atoms with Crippen molar-refractivity contribution in [3.8, 4) is 0 Å². The van der Waals surface area contributed by atoms with Crippen LogP contribution in [0, 0.1) is 10.1 Å². The van der Waals surface area contributed by atoms with Crippen LogP contribution >= 0.6 is 0 Å². The summed E-state index contributed by atoms with van der Waals surface area (Å²) < 4.78 is 0. The second-order valence-corrected chi connectivity index (χ2v) is 2.29. The van der Waals surface area contributed by atoms with Crippen molar-refractivity contribution in [3.63, 3.8) is 0 Å². The Bertz CT molecular complexity index is 351. The van der Waals surface area contributed by atoms with Crippen LogP contribution in [0.1, 0.15) is 10.4 Å². The SMILES string of the molecule is NNc1ccc(C=O)c([N+](=O)[O-])c1. The van der Waals surface area contributed by atoms with E-state index in [0.29, 0.717) is 12.0 Å². The number of carbonyl (C=O) groups is 1. The van der Waals surface area contributed by atoms with Gasteiger partial charge in [-0.1, -0.05) is 0 Å². The fraction of sp³-hybridized carbons (Fsp3) is 0. The Hall–Kier alpha value is -1.95. The maximum Gasteiger partial charge on any atom is 0.281 e. The minimum absolute atomic E-state index is 0.0315. The molecule has 0 amide bonds. The zero-order chi connectivity index (χ0) is 9.84. The number of hydrazine groups is 1. The molecule has 3 N–H and O–H groups in total. The Labute approximate surface area is 73.5 Å². The molecule has 0 saturated heterocycles. The van der Waals surface area contributed by atoms with Crippen LogP contribution in [0.15, 0.2) is 18.2 Å². The van der Waals surface area contributed by atoms with Gasteiger partial charge in [-0.25, -0.2) is 0 Å². The van der Waals surface area contributed by atoms with Crippen LogP contribution < -0.4 is 11.3 Å². The van der Waals surface area contributed by atoms with Gasteiger partial charge in [-0.3, -0.25) is 20.8 Å². The van der Waals surface area contributed by atoms with Crippen molar-refractivity contribution >= 4 is 17.7 Å². The highest BCUT2D eigenvalue weighted by atomic mass is 16.6. The summed E-state index contributed by atoms with van der Waals surface area (Å²) in [5.74, 6) is 5.05. The van der Waals surface area contributed by atoms with E-state index in [1.807, 2.05) is 0 Å². The van der Waals surface area contributed by atoms with E-state index >= 15 is 0 Å². The van der Waals surface area contributed by atoms with Gasteiger partial charge in [0.1, 0.15) is 0 Å². The molecule has 6 nitrogen and oxygen atoms in total. The minimum Gasteiger partial charge on any atom is -0.324 e. The normalized spacial score (nSPS) is 9.31. The summed E-state index contributed by atoms with van der Waals surface area (Å²) in [6, 6.07) is 4.01. The van der Waals surface area contributed by atoms with Crippen molar-refractivity contribution in [3.05, 3.63) is 33.9 Å². The Kier molecular flexibility index (Phi) is 2.56. The molecule has 0 radical (unpaired) electrons. The molecular weight excluding hydrogens is 174 g/mol. The molecule has 0 saturated carbocycles.